The normalized spacial score (nSPS) is 12.0. The van der Waals surface area contributed by atoms with Crippen LogP contribution in [-0.4, -0.2) is 21.2 Å². The summed E-state index contributed by atoms with van der Waals surface area (Å²) in [6.07, 6.45) is 0.769. The second-order valence-corrected chi connectivity index (χ2v) is 5.11. The van der Waals surface area contributed by atoms with E-state index in [2.05, 4.69) is 35.2 Å². The highest BCUT2D eigenvalue weighted by atomic mass is 16.5. The van der Waals surface area contributed by atoms with Gasteiger partial charge in [-0.25, -0.2) is 0 Å². The standard InChI is InChI=1S/C17H22N2O/c1-19(2)15-10-8-13(9-11-15)16(18)12-14-6-4-5-7-17(14)20-3/h4-11,16H,12,18H2,1-3H3. The lowest BCUT2D eigenvalue weighted by Crippen LogP contribution is -2.14. The molecule has 2 aromatic rings. The van der Waals surface area contributed by atoms with Crippen molar-refractivity contribution in [3.8, 4) is 5.75 Å². The van der Waals surface area contributed by atoms with Crippen LogP contribution >= 0.6 is 0 Å². The zero-order valence-corrected chi connectivity index (χ0v) is 12.3. The van der Waals surface area contributed by atoms with E-state index in [-0.39, 0.29) is 6.04 Å². The Hall–Kier alpha value is -2.00. The first kappa shape index (κ1) is 14.4. The molecule has 0 aliphatic heterocycles. The van der Waals surface area contributed by atoms with Gasteiger partial charge in [-0.3, -0.25) is 0 Å². The van der Waals surface area contributed by atoms with Crippen LogP contribution < -0.4 is 15.4 Å². The molecule has 0 spiro atoms. The number of nitrogens with two attached hydrogens (primary N) is 1. The van der Waals surface area contributed by atoms with Crippen molar-refractivity contribution in [2.24, 2.45) is 5.73 Å². The largest absolute Gasteiger partial charge is 0.496 e. The fraction of sp³-hybridized carbons (Fsp3) is 0.294. The molecule has 0 aliphatic carbocycles. The molecular formula is C17H22N2O. The van der Waals surface area contributed by atoms with Crippen LogP contribution in [0.2, 0.25) is 0 Å². The second kappa shape index (κ2) is 6.44. The Morgan fingerprint density at radius 3 is 2.30 bits per heavy atom. The van der Waals surface area contributed by atoms with Crippen molar-refractivity contribution in [1.29, 1.82) is 0 Å². The van der Waals surface area contributed by atoms with Crippen LogP contribution in [0.15, 0.2) is 48.5 Å². The quantitative estimate of drug-likeness (QED) is 0.907. The van der Waals surface area contributed by atoms with Crippen LogP contribution in [0, 0.1) is 0 Å². The molecular weight excluding hydrogens is 248 g/mol. The highest BCUT2D eigenvalue weighted by molar-refractivity contribution is 5.46. The van der Waals surface area contributed by atoms with Gasteiger partial charge < -0.3 is 15.4 Å². The lowest BCUT2D eigenvalue weighted by molar-refractivity contribution is 0.408. The molecule has 2 aromatic carbocycles. The number of methoxy groups -OCH3 is 1. The first-order valence-electron chi connectivity index (χ1n) is 6.76. The topological polar surface area (TPSA) is 38.5 Å². The Labute approximate surface area is 121 Å². The molecule has 0 heterocycles. The summed E-state index contributed by atoms with van der Waals surface area (Å²) >= 11 is 0. The summed E-state index contributed by atoms with van der Waals surface area (Å²) in [4.78, 5) is 2.08. The van der Waals surface area contributed by atoms with Crippen LogP contribution in [0.25, 0.3) is 0 Å². The fourth-order valence-corrected chi connectivity index (χ4v) is 2.25. The Morgan fingerprint density at radius 1 is 1.05 bits per heavy atom. The average molecular weight is 270 g/mol. The molecule has 0 saturated carbocycles. The Morgan fingerprint density at radius 2 is 1.70 bits per heavy atom. The number of hydrogen-bond acceptors (Lipinski definition) is 3. The summed E-state index contributed by atoms with van der Waals surface area (Å²) in [6.45, 7) is 0. The van der Waals surface area contributed by atoms with Gasteiger partial charge in [0.1, 0.15) is 5.75 Å². The van der Waals surface area contributed by atoms with E-state index in [4.69, 9.17) is 10.5 Å². The Balaban J connectivity index is 2.13. The van der Waals surface area contributed by atoms with Crippen molar-refractivity contribution in [2.75, 3.05) is 26.1 Å². The third kappa shape index (κ3) is 3.31. The first-order valence-corrected chi connectivity index (χ1v) is 6.76. The van der Waals surface area contributed by atoms with E-state index in [1.807, 2.05) is 32.3 Å². The van der Waals surface area contributed by atoms with E-state index in [0.29, 0.717) is 0 Å². The summed E-state index contributed by atoms with van der Waals surface area (Å²) in [6, 6.07) is 16.4. The Bertz CT molecular complexity index is 549. The van der Waals surface area contributed by atoms with Crippen molar-refractivity contribution in [1.82, 2.24) is 0 Å². The molecule has 0 bridgehead atoms. The van der Waals surface area contributed by atoms with Crippen molar-refractivity contribution >= 4 is 5.69 Å². The highest BCUT2D eigenvalue weighted by Gasteiger charge is 2.10. The minimum Gasteiger partial charge on any atom is -0.496 e. The van der Waals surface area contributed by atoms with Crippen LogP contribution in [0.3, 0.4) is 0 Å². The monoisotopic (exact) mass is 270 g/mol. The van der Waals surface area contributed by atoms with E-state index < -0.39 is 0 Å². The smallest absolute Gasteiger partial charge is 0.122 e. The molecule has 0 aliphatic rings. The molecule has 0 aromatic heterocycles. The summed E-state index contributed by atoms with van der Waals surface area (Å²) in [5, 5.41) is 0. The third-order valence-electron chi connectivity index (χ3n) is 3.47. The zero-order chi connectivity index (χ0) is 14.5. The van der Waals surface area contributed by atoms with Crippen LogP contribution in [0.5, 0.6) is 5.75 Å². The number of rotatable bonds is 5. The van der Waals surface area contributed by atoms with Crippen molar-refractivity contribution < 1.29 is 4.74 Å². The fourth-order valence-electron chi connectivity index (χ4n) is 2.25. The molecule has 106 valence electrons. The Kier molecular flexibility index (Phi) is 4.64. The molecule has 0 amide bonds. The van der Waals surface area contributed by atoms with Crippen LogP contribution in [0.1, 0.15) is 17.2 Å². The van der Waals surface area contributed by atoms with Crippen LogP contribution in [0.4, 0.5) is 5.69 Å². The molecule has 1 unspecified atom stereocenters. The number of nitrogens with zero attached hydrogens (tertiary/aromatic N) is 1. The SMILES string of the molecule is COc1ccccc1CC(N)c1ccc(N(C)C)cc1. The third-order valence-corrected chi connectivity index (χ3v) is 3.47. The number of anilines is 1. The van der Waals surface area contributed by atoms with Crippen molar-refractivity contribution in [3.63, 3.8) is 0 Å². The molecule has 1 atom stereocenters. The van der Waals surface area contributed by atoms with Gasteiger partial charge in [-0.15, -0.1) is 0 Å². The maximum Gasteiger partial charge on any atom is 0.122 e. The molecule has 3 heteroatoms. The highest BCUT2D eigenvalue weighted by Crippen LogP contribution is 2.24. The number of benzene rings is 2. The lowest BCUT2D eigenvalue weighted by Gasteiger charge is -2.17. The first-order chi connectivity index (χ1) is 9.61. The van der Waals surface area contributed by atoms with E-state index in [0.717, 1.165) is 23.3 Å². The molecule has 2 N–H and O–H groups in total. The van der Waals surface area contributed by atoms with Gasteiger partial charge in [0, 0.05) is 25.8 Å². The predicted octanol–water partition coefficient (Wildman–Crippen LogP) is 3.00. The average Bonchev–Trinajstić information content (AvgIpc) is 2.48. The van der Waals surface area contributed by atoms with Crippen molar-refractivity contribution in [2.45, 2.75) is 12.5 Å². The summed E-state index contributed by atoms with van der Waals surface area (Å²) in [5.74, 6) is 0.896. The van der Waals surface area contributed by atoms with Crippen LogP contribution in [-0.2, 0) is 6.42 Å². The minimum absolute atomic E-state index is 0.0255. The molecule has 20 heavy (non-hydrogen) atoms. The summed E-state index contributed by atoms with van der Waals surface area (Å²) in [5.41, 5.74) is 9.76. The van der Waals surface area contributed by atoms with Crippen molar-refractivity contribution in [3.05, 3.63) is 59.7 Å². The molecule has 0 radical (unpaired) electrons. The van der Waals surface area contributed by atoms with E-state index in [1.165, 1.54) is 5.69 Å². The van der Waals surface area contributed by atoms with E-state index >= 15 is 0 Å². The minimum atomic E-state index is -0.0255. The van der Waals surface area contributed by atoms with Gasteiger partial charge in [0.2, 0.25) is 0 Å². The number of ether oxygens (including phenoxy) is 1. The molecule has 0 saturated heterocycles. The van der Waals surface area contributed by atoms with E-state index in [1.54, 1.807) is 7.11 Å². The van der Waals surface area contributed by atoms with Gasteiger partial charge in [-0.2, -0.15) is 0 Å². The maximum atomic E-state index is 6.31. The molecule has 2 rings (SSSR count). The predicted molar refractivity (Wildman–Crippen MR) is 84.4 cm³/mol. The second-order valence-electron chi connectivity index (χ2n) is 5.11. The zero-order valence-electron chi connectivity index (χ0n) is 12.3. The molecule has 0 fully saturated rings. The number of para-hydroxylation sites is 1. The number of hydrogen-bond donors (Lipinski definition) is 1. The van der Waals surface area contributed by atoms with Gasteiger partial charge in [0.25, 0.3) is 0 Å². The summed E-state index contributed by atoms with van der Waals surface area (Å²) in [7, 11) is 5.75. The van der Waals surface area contributed by atoms with Gasteiger partial charge in [0.15, 0.2) is 0 Å². The lowest BCUT2D eigenvalue weighted by atomic mass is 9.99. The van der Waals surface area contributed by atoms with Gasteiger partial charge in [-0.05, 0) is 35.7 Å². The van der Waals surface area contributed by atoms with Gasteiger partial charge >= 0.3 is 0 Å². The van der Waals surface area contributed by atoms with Gasteiger partial charge in [0.05, 0.1) is 7.11 Å². The van der Waals surface area contributed by atoms with E-state index in [9.17, 15) is 0 Å². The molecule has 3 nitrogen and oxygen atoms in total. The van der Waals surface area contributed by atoms with Gasteiger partial charge in [-0.1, -0.05) is 30.3 Å². The maximum absolute atomic E-state index is 6.31. The summed E-state index contributed by atoms with van der Waals surface area (Å²) < 4.78 is 5.37.